The smallest absolute Gasteiger partial charge is 0.234 e. The van der Waals surface area contributed by atoms with Gasteiger partial charge in [0, 0.05) is 19.2 Å². The molecule has 90 valence electrons. The van der Waals surface area contributed by atoms with Gasteiger partial charge in [-0.25, -0.2) is 0 Å². The summed E-state index contributed by atoms with van der Waals surface area (Å²) in [6, 6.07) is 0. The van der Waals surface area contributed by atoms with Gasteiger partial charge in [-0.2, -0.15) is 10.1 Å². The lowest BCUT2D eigenvalue weighted by Crippen LogP contribution is -2.10. The van der Waals surface area contributed by atoms with E-state index >= 15 is 0 Å². The molecule has 0 spiro atoms. The predicted octanol–water partition coefficient (Wildman–Crippen LogP) is 1.24. The largest absolute Gasteiger partial charge is 0.338 e. The molecule has 0 radical (unpaired) electrons. The van der Waals surface area contributed by atoms with E-state index in [2.05, 4.69) is 15.2 Å². The number of hydrogen-bond acceptors (Lipinski definition) is 5. The third-order valence-corrected chi connectivity index (χ3v) is 2.40. The van der Waals surface area contributed by atoms with E-state index in [1.165, 1.54) is 0 Å². The van der Waals surface area contributed by atoms with E-state index in [9.17, 15) is 4.79 Å². The Bertz CT molecular complexity index is 527. The van der Waals surface area contributed by atoms with Crippen molar-refractivity contribution in [2.24, 2.45) is 13.0 Å². The maximum Gasteiger partial charge on any atom is 0.234 e. The van der Waals surface area contributed by atoms with E-state index in [1.54, 1.807) is 17.1 Å². The second kappa shape index (κ2) is 4.48. The van der Waals surface area contributed by atoms with Crippen LogP contribution in [0.5, 0.6) is 0 Å². The Morgan fingerprint density at radius 3 is 2.88 bits per heavy atom. The molecule has 2 aromatic heterocycles. The summed E-state index contributed by atoms with van der Waals surface area (Å²) in [5, 5.41) is 7.84. The lowest BCUT2D eigenvalue weighted by molar-refractivity contribution is -0.121. The van der Waals surface area contributed by atoms with Gasteiger partial charge in [0.25, 0.3) is 0 Å². The van der Waals surface area contributed by atoms with Crippen molar-refractivity contribution in [3.8, 4) is 11.4 Å². The minimum atomic E-state index is -0.0243. The first kappa shape index (κ1) is 11.5. The molecule has 2 aromatic rings. The van der Waals surface area contributed by atoms with Gasteiger partial charge in [0.1, 0.15) is 5.78 Å². The van der Waals surface area contributed by atoms with Crippen LogP contribution in [0.3, 0.4) is 0 Å². The second-order valence-corrected chi connectivity index (χ2v) is 4.21. The van der Waals surface area contributed by atoms with Crippen LogP contribution in [-0.2, 0) is 18.3 Å². The van der Waals surface area contributed by atoms with E-state index in [0.29, 0.717) is 11.7 Å². The standard InChI is InChI=1S/C11H14N4O2/c1-7(2)9(16)4-10-13-11(14-17-10)8-5-12-15(3)6-8/h5-7H,4H2,1-3H3. The SMILES string of the molecule is CC(C)C(=O)Cc1nc(-c2cnn(C)c2)no1. The number of carbonyl (C=O) groups is 1. The molecule has 0 saturated heterocycles. The summed E-state index contributed by atoms with van der Waals surface area (Å²) < 4.78 is 6.69. The summed E-state index contributed by atoms with van der Waals surface area (Å²) in [5.74, 6) is 0.877. The van der Waals surface area contributed by atoms with Gasteiger partial charge in [-0.1, -0.05) is 19.0 Å². The Morgan fingerprint density at radius 2 is 2.29 bits per heavy atom. The molecular formula is C11H14N4O2. The van der Waals surface area contributed by atoms with Crippen LogP contribution in [0, 0.1) is 5.92 Å². The minimum absolute atomic E-state index is 0.0243. The number of aromatic nitrogens is 4. The van der Waals surface area contributed by atoms with Gasteiger partial charge in [-0.15, -0.1) is 0 Å². The number of nitrogens with zero attached hydrogens (tertiary/aromatic N) is 4. The van der Waals surface area contributed by atoms with Crippen molar-refractivity contribution < 1.29 is 9.32 Å². The summed E-state index contributed by atoms with van der Waals surface area (Å²) >= 11 is 0. The predicted molar refractivity (Wildman–Crippen MR) is 60.0 cm³/mol. The Hall–Kier alpha value is -1.98. The van der Waals surface area contributed by atoms with Gasteiger partial charge in [0.15, 0.2) is 0 Å². The lowest BCUT2D eigenvalue weighted by atomic mass is 10.1. The molecule has 6 heteroatoms. The summed E-state index contributed by atoms with van der Waals surface area (Å²) in [6.45, 7) is 3.70. The molecule has 0 amide bonds. The molecule has 0 aliphatic rings. The van der Waals surface area contributed by atoms with Crippen molar-refractivity contribution in [2.75, 3.05) is 0 Å². The van der Waals surface area contributed by atoms with Crippen LogP contribution >= 0.6 is 0 Å². The van der Waals surface area contributed by atoms with E-state index < -0.39 is 0 Å². The van der Waals surface area contributed by atoms with Crippen LogP contribution in [0.15, 0.2) is 16.9 Å². The molecule has 0 aromatic carbocycles. The van der Waals surface area contributed by atoms with Crippen molar-refractivity contribution in [1.29, 1.82) is 0 Å². The number of rotatable bonds is 4. The Labute approximate surface area is 98.6 Å². The third-order valence-electron chi connectivity index (χ3n) is 2.40. The highest BCUT2D eigenvalue weighted by atomic mass is 16.5. The average Bonchev–Trinajstić information content (AvgIpc) is 2.86. The Balaban J connectivity index is 2.14. The van der Waals surface area contributed by atoms with Gasteiger partial charge < -0.3 is 4.52 Å². The molecule has 6 nitrogen and oxygen atoms in total. The second-order valence-electron chi connectivity index (χ2n) is 4.21. The van der Waals surface area contributed by atoms with E-state index in [1.807, 2.05) is 20.9 Å². The van der Waals surface area contributed by atoms with Crippen LogP contribution in [0.25, 0.3) is 11.4 Å². The number of ketones is 1. The first-order valence-electron chi connectivity index (χ1n) is 5.40. The first-order chi connectivity index (χ1) is 8.06. The van der Waals surface area contributed by atoms with Crippen molar-refractivity contribution in [2.45, 2.75) is 20.3 Å². The van der Waals surface area contributed by atoms with Crippen molar-refractivity contribution in [3.05, 3.63) is 18.3 Å². The van der Waals surface area contributed by atoms with Crippen molar-refractivity contribution in [1.82, 2.24) is 19.9 Å². The van der Waals surface area contributed by atoms with Crippen LogP contribution in [0.2, 0.25) is 0 Å². The minimum Gasteiger partial charge on any atom is -0.338 e. The molecule has 0 aliphatic heterocycles. The van der Waals surface area contributed by atoms with Crippen molar-refractivity contribution in [3.63, 3.8) is 0 Å². The summed E-state index contributed by atoms with van der Waals surface area (Å²) in [6.07, 6.45) is 3.63. The van der Waals surface area contributed by atoms with Gasteiger partial charge in [0.05, 0.1) is 18.2 Å². The Morgan fingerprint density at radius 1 is 1.53 bits per heavy atom. The first-order valence-corrected chi connectivity index (χ1v) is 5.40. The zero-order chi connectivity index (χ0) is 12.4. The number of carbonyl (C=O) groups excluding carboxylic acids is 1. The topological polar surface area (TPSA) is 73.8 Å². The van der Waals surface area contributed by atoms with E-state index in [4.69, 9.17) is 4.52 Å². The summed E-state index contributed by atoms with van der Waals surface area (Å²) in [4.78, 5) is 15.7. The van der Waals surface area contributed by atoms with Crippen LogP contribution in [0.1, 0.15) is 19.7 Å². The highest BCUT2D eigenvalue weighted by molar-refractivity contribution is 5.81. The fraction of sp³-hybridized carbons (Fsp3) is 0.455. The summed E-state index contributed by atoms with van der Waals surface area (Å²) in [7, 11) is 1.81. The molecule has 0 saturated carbocycles. The fourth-order valence-electron chi connectivity index (χ4n) is 1.33. The molecular weight excluding hydrogens is 220 g/mol. The molecule has 0 unspecified atom stereocenters. The molecule has 0 bridgehead atoms. The zero-order valence-corrected chi connectivity index (χ0v) is 10.0. The molecule has 0 atom stereocenters. The maximum absolute atomic E-state index is 11.5. The lowest BCUT2D eigenvalue weighted by Gasteiger charge is -1.98. The fourth-order valence-corrected chi connectivity index (χ4v) is 1.33. The quantitative estimate of drug-likeness (QED) is 0.795. The van der Waals surface area contributed by atoms with Gasteiger partial charge in [-0.3, -0.25) is 9.48 Å². The number of hydrogen-bond donors (Lipinski definition) is 0. The summed E-state index contributed by atoms with van der Waals surface area (Å²) in [5.41, 5.74) is 0.777. The Kier molecular flexibility index (Phi) is 3.03. The molecule has 17 heavy (non-hydrogen) atoms. The normalized spacial score (nSPS) is 11.1. The van der Waals surface area contributed by atoms with Crippen LogP contribution in [0.4, 0.5) is 0 Å². The van der Waals surface area contributed by atoms with Crippen molar-refractivity contribution >= 4 is 5.78 Å². The zero-order valence-electron chi connectivity index (χ0n) is 10.0. The molecule has 2 heterocycles. The van der Waals surface area contributed by atoms with Crippen LogP contribution < -0.4 is 0 Å². The van der Waals surface area contributed by atoms with Gasteiger partial charge in [0.2, 0.25) is 11.7 Å². The molecule has 2 rings (SSSR count). The molecule has 0 fully saturated rings. The molecule has 0 aliphatic carbocycles. The monoisotopic (exact) mass is 234 g/mol. The third kappa shape index (κ3) is 2.58. The average molecular weight is 234 g/mol. The highest BCUT2D eigenvalue weighted by Gasteiger charge is 2.15. The van der Waals surface area contributed by atoms with E-state index in [-0.39, 0.29) is 18.1 Å². The molecule has 0 N–H and O–H groups in total. The number of aryl methyl sites for hydroxylation is 1. The van der Waals surface area contributed by atoms with Crippen LogP contribution in [-0.4, -0.2) is 25.7 Å². The highest BCUT2D eigenvalue weighted by Crippen LogP contribution is 2.14. The van der Waals surface area contributed by atoms with Gasteiger partial charge in [-0.05, 0) is 0 Å². The van der Waals surface area contributed by atoms with Gasteiger partial charge >= 0.3 is 0 Å². The maximum atomic E-state index is 11.5. The number of Topliss-reactive ketones (excluding diaryl/α,β-unsaturated/α-hetero) is 1. The van der Waals surface area contributed by atoms with E-state index in [0.717, 1.165) is 5.56 Å².